The number of aryl methyl sites for hydroxylation is 2. The lowest BCUT2D eigenvalue weighted by Gasteiger charge is -2.11. The van der Waals surface area contributed by atoms with Crippen LogP contribution in [0.1, 0.15) is 21.6 Å². The van der Waals surface area contributed by atoms with E-state index in [4.69, 9.17) is 4.74 Å². The topological polar surface area (TPSA) is 48.4 Å². The Morgan fingerprint density at radius 1 is 1.36 bits per heavy atom. The Labute approximate surface area is 82.9 Å². The van der Waals surface area contributed by atoms with Gasteiger partial charge in [0.2, 0.25) is 0 Å². The van der Waals surface area contributed by atoms with E-state index in [2.05, 4.69) is 9.72 Å². The van der Waals surface area contributed by atoms with Crippen LogP contribution in [0.25, 0.3) is 0 Å². The van der Waals surface area contributed by atoms with E-state index in [1.54, 1.807) is 20.0 Å². The highest BCUT2D eigenvalue weighted by atomic mass is 16.5. The number of aromatic nitrogens is 1. The third-order valence-corrected chi connectivity index (χ3v) is 2.00. The first-order valence-electron chi connectivity index (χ1n) is 4.20. The van der Waals surface area contributed by atoms with Crippen molar-refractivity contribution in [2.75, 3.05) is 14.2 Å². The summed E-state index contributed by atoms with van der Waals surface area (Å²) in [7, 11) is 2.85. The number of hydrogen-bond acceptors (Lipinski definition) is 4. The summed E-state index contributed by atoms with van der Waals surface area (Å²) in [6, 6.07) is 0. The van der Waals surface area contributed by atoms with Crippen LogP contribution in [0.2, 0.25) is 0 Å². The molecule has 1 heterocycles. The number of ether oxygens (including phenoxy) is 2. The van der Waals surface area contributed by atoms with Crippen molar-refractivity contribution in [3.63, 3.8) is 0 Å². The molecule has 0 aliphatic heterocycles. The number of carbonyl (C=O) groups is 1. The highest BCUT2D eigenvalue weighted by Gasteiger charge is 2.18. The van der Waals surface area contributed by atoms with Crippen molar-refractivity contribution >= 4 is 5.97 Å². The molecule has 0 bridgehead atoms. The molecule has 0 spiro atoms. The van der Waals surface area contributed by atoms with Crippen molar-refractivity contribution in [1.29, 1.82) is 0 Å². The summed E-state index contributed by atoms with van der Waals surface area (Å²) in [5, 5.41) is 0. The Balaban J connectivity index is 3.37. The van der Waals surface area contributed by atoms with Crippen molar-refractivity contribution in [1.82, 2.24) is 4.98 Å². The summed E-state index contributed by atoms with van der Waals surface area (Å²) in [6.07, 6.45) is 1.63. The highest BCUT2D eigenvalue weighted by molar-refractivity contribution is 5.94. The number of rotatable bonds is 2. The molecule has 0 saturated heterocycles. The van der Waals surface area contributed by atoms with Crippen LogP contribution < -0.4 is 4.74 Å². The second kappa shape index (κ2) is 4.09. The average molecular weight is 195 g/mol. The average Bonchev–Trinajstić information content (AvgIpc) is 2.19. The van der Waals surface area contributed by atoms with E-state index in [0.717, 1.165) is 5.56 Å². The van der Waals surface area contributed by atoms with Gasteiger partial charge in [0.25, 0.3) is 0 Å². The minimum Gasteiger partial charge on any atom is -0.494 e. The van der Waals surface area contributed by atoms with Crippen LogP contribution in [0.15, 0.2) is 6.20 Å². The molecule has 0 amide bonds. The zero-order valence-electron chi connectivity index (χ0n) is 8.75. The minimum absolute atomic E-state index is 0.398. The van der Waals surface area contributed by atoms with E-state index < -0.39 is 5.97 Å². The summed E-state index contributed by atoms with van der Waals surface area (Å²) in [5.74, 6) is 0.0849. The first kappa shape index (κ1) is 10.5. The molecule has 0 aromatic carbocycles. The Hall–Kier alpha value is -1.58. The maximum atomic E-state index is 11.4. The molecule has 1 rings (SSSR count). The van der Waals surface area contributed by atoms with Crippen LogP contribution in [-0.4, -0.2) is 25.2 Å². The summed E-state index contributed by atoms with van der Waals surface area (Å²) < 4.78 is 9.78. The lowest BCUT2D eigenvalue weighted by Crippen LogP contribution is -2.08. The lowest BCUT2D eigenvalue weighted by molar-refractivity contribution is 0.0596. The van der Waals surface area contributed by atoms with Crippen molar-refractivity contribution in [3.05, 3.63) is 23.0 Å². The molecule has 0 N–H and O–H groups in total. The summed E-state index contributed by atoms with van der Waals surface area (Å²) >= 11 is 0. The number of methoxy groups -OCH3 is 2. The predicted octanol–water partition coefficient (Wildman–Crippen LogP) is 1.49. The molecule has 0 fully saturated rings. The van der Waals surface area contributed by atoms with Crippen LogP contribution in [0, 0.1) is 13.8 Å². The van der Waals surface area contributed by atoms with E-state index in [-0.39, 0.29) is 0 Å². The molecule has 0 atom stereocenters. The fourth-order valence-electron chi connectivity index (χ4n) is 1.28. The number of pyridine rings is 1. The van der Waals surface area contributed by atoms with Gasteiger partial charge in [-0.25, -0.2) is 4.79 Å². The summed E-state index contributed by atoms with van der Waals surface area (Å²) in [5.41, 5.74) is 1.88. The van der Waals surface area contributed by atoms with Gasteiger partial charge in [-0.15, -0.1) is 0 Å². The molecule has 0 aliphatic rings. The highest BCUT2D eigenvalue weighted by Crippen LogP contribution is 2.24. The molecular weight excluding hydrogens is 182 g/mol. The smallest absolute Gasteiger partial charge is 0.342 e. The van der Waals surface area contributed by atoms with E-state index in [9.17, 15) is 4.79 Å². The van der Waals surface area contributed by atoms with Gasteiger partial charge in [-0.1, -0.05) is 0 Å². The molecule has 0 saturated carbocycles. The maximum absolute atomic E-state index is 11.4. The van der Waals surface area contributed by atoms with E-state index in [0.29, 0.717) is 17.0 Å². The van der Waals surface area contributed by atoms with Crippen LogP contribution in [0.3, 0.4) is 0 Å². The normalized spacial score (nSPS) is 9.71. The first-order valence-corrected chi connectivity index (χ1v) is 4.20. The molecule has 4 nitrogen and oxygen atoms in total. The molecule has 0 radical (unpaired) electrons. The zero-order chi connectivity index (χ0) is 10.7. The molecule has 14 heavy (non-hydrogen) atoms. The number of esters is 1. The number of carbonyl (C=O) groups excluding carboxylic acids is 1. The minimum atomic E-state index is -0.398. The fourth-order valence-corrected chi connectivity index (χ4v) is 1.28. The Bertz CT molecular complexity index is 361. The van der Waals surface area contributed by atoms with Crippen molar-refractivity contribution in [2.45, 2.75) is 13.8 Å². The third kappa shape index (κ3) is 1.69. The third-order valence-electron chi connectivity index (χ3n) is 2.00. The first-order chi connectivity index (χ1) is 6.61. The van der Waals surface area contributed by atoms with Gasteiger partial charge in [0.1, 0.15) is 5.56 Å². The van der Waals surface area contributed by atoms with Gasteiger partial charge in [0.15, 0.2) is 5.75 Å². The molecule has 0 aliphatic carbocycles. The van der Waals surface area contributed by atoms with Crippen molar-refractivity contribution < 1.29 is 14.3 Å². The number of nitrogens with zero attached hydrogens (tertiary/aromatic N) is 1. The van der Waals surface area contributed by atoms with E-state index in [1.807, 2.05) is 0 Å². The van der Waals surface area contributed by atoms with Crippen LogP contribution >= 0.6 is 0 Å². The van der Waals surface area contributed by atoms with E-state index >= 15 is 0 Å². The molecule has 1 aromatic heterocycles. The lowest BCUT2D eigenvalue weighted by atomic mass is 10.1. The Morgan fingerprint density at radius 2 is 2.00 bits per heavy atom. The summed E-state index contributed by atoms with van der Waals surface area (Å²) in [6.45, 7) is 3.58. The van der Waals surface area contributed by atoms with Crippen LogP contribution in [0.4, 0.5) is 0 Å². The van der Waals surface area contributed by atoms with E-state index in [1.165, 1.54) is 14.2 Å². The van der Waals surface area contributed by atoms with Gasteiger partial charge >= 0.3 is 5.97 Å². The summed E-state index contributed by atoms with van der Waals surface area (Å²) in [4.78, 5) is 15.5. The number of hydrogen-bond donors (Lipinski definition) is 0. The zero-order valence-corrected chi connectivity index (χ0v) is 8.75. The molecular formula is C10H13NO3. The monoisotopic (exact) mass is 195 g/mol. The largest absolute Gasteiger partial charge is 0.494 e. The second-order valence-electron chi connectivity index (χ2n) is 2.93. The van der Waals surface area contributed by atoms with Gasteiger partial charge in [-0.3, -0.25) is 4.98 Å². The van der Waals surface area contributed by atoms with Crippen molar-refractivity contribution in [2.24, 2.45) is 0 Å². The fraction of sp³-hybridized carbons (Fsp3) is 0.400. The van der Waals surface area contributed by atoms with Crippen LogP contribution in [0.5, 0.6) is 5.75 Å². The molecule has 1 aromatic rings. The standard InChI is InChI=1S/C10H13NO3/c1-6-5-11-7(2)9(13-3)8(6)10(12)14-4/h5H,1-4H3. The predicted molar refractivity (Wildman–Crippen MR) is 51.6 cm³/mol. The van der Waals surface area contributed by atoms with Gasteiger partial charge < -0.3 is 9.47 Å². The maximum Gasteiger partial charge on any atom is 0.342 e. The molecule has 0 unspecified atom stereocenters. The van der Waals surface area contributed by atoms with Gasteiger partial charge in [0, 0.05) is 6.20 Å². The molecule has 4 heteroatoms. The van der Waals surface area contributed by atoms with Crippen molar-refractivity contribution in [3.8, 4) is 5.75 Å². The van der Waals surface area contributed by atoms with Gasteiger partial charge in [-0.05, 0) is 19.4 Å². The Kier molecular flexibility index (Phi) is 3.06. The molecule has 76 valence electrons. The second-order valence-corrected chi connectivity index (χ2v) is 2.93. The quantitative estimate of drug-likeness (QED) is 0.671. The Morgan fingerprint density at radius 3 is 2.50 bits per heavy atom. The van der Waals surface area contributed by atoms with Gasteiger partial charge in [0.05, 0.1) is 19.9 Å². The van der Waals surface area contributed by atoms with Gasteiger partial charge in [-0.2, -0.15) is 0 Å². The van der Waals surface area contributed by atoms with Crippen LogP contribution in [-0.2, 0) is 4.74 Å². The SMILES string of the molecule is COC(=O)c1c(C)cnc(C)c1OC.